The van der Waals surface area contributed by atoms with Crippen LogP contribution in [0.4, 0.5) is 0 Å². The van der Waals surface area contributed by atoms with Gasteiger partial charge in [-0.05, 0) is 94.0 Å². The SMILES string of the molecule is c1ccc(-n2c3ccccc3c3cc(-c4ccc(-c5cc(-c6cccc7c6oc6ccccc67)cc(-c6cccc7c6oc6ccccc67)c5)cc4)ccc32)cc1. The maximum atomic E-state index is 6.57. The summed E-state index contributed by atoms with van der Waals surface area (Å²) < 4.78 is 15.5. The molecule has 0 unspecified atom stereocenters. The van der Waals surface area contributed by atoms with Crippen LogP contribution in [0, 0.1) is 0 Å². The second kappa shape index (κ2) is 12.5. The molecule has 0 saturated carbocycles. The number of rotatable bonds is 5. The van der Waals surface area contributed by atoms with Crippen LogP contribution in [0.25, 0.3) is 116 Å². The standard InChI is InChI=1S/C54H33NO2/c1-2-12-40(13-3-1)55-49-21-7-4-14-43(49)48-33-36(28-29-50(48)55)34-24-26-35(27-25-34)37-30-38(41-17-10-19-46-44-15-5-8-22-51(44)56-53(41)46)32-39(31-37)42-18-11-20-47-45-16-6-9-23-52(45)57-54(42)47/h1-33H. The smallest absolute Gasteiger partial charge is 0.143 e. The van der Waals surface area contributed by atoms with Crippen molar-refractivity contribution < 1.29 is 8.83 Å². The molecule has 3 heteroatoms. The van der Waals surface area contributed by atoms with Crippen molar-refractivity contribution in [2.24, 2.45) is 0 Å². The predicted molar refractivity (Wildman–Crippen MR) is 237 cm³/mol. The molecule has 266 valence electrons. The second-order valence-corrected chi connectivity index (χ2v) is 14.9. The predicted octanol–water partition coefficient (Wildman–Crippen LogP) is 15.3. The molecule has 3 aromatic heterocycles. The molecular formula is C54H33NO2. The average Bonchev–Trinajstić information content (AvgIpc) is 3.96. The molecule has 0 saturated heterocycles. The molecular weight excluding hydrogens is 695 g/mol. The fourth-order valence-electron chi connectivity index (χ4n) is 8.92. The number of furan rings is 2. The van der Waals surface area contributed by atoms with Gasteiger partial charge in [-0.3, -0.25) is 0 Å². The summed E-state index contributed by atoms with van der Waals surface area (Å²) in [6.07, 6.45) is 0. The zero-order valence-corrected chi connectivity index (χ0v) is 30.8. The van der Waals surface area contributed by atoms with Crippen molar-refractivity contribution >= 4 is 65.7 Å². The molecule has 0 N–H and O–H groups in total. The summed E-state index contributed by atoms with van der Waals surface area (Å²) in [7, 11) is 0. The highest BCUT2D eigenvalue weighted by Gasteiger charge is 2.18. The van der Waals surface area contributed by atoms with E-state index in [9.17, 15) is 0 Å². The highest BCUT2D eigenvalue weighted by Crippen LogP contribution is 2.42. The van der Waals surface area contributed by atoms with Gasteiger partial charge in [0.25, 0.3) is 0 Å². The minimum absolute atomic E-state index is 0.891. The Morgan fingerprint density at radius 2 is 0.754 bits per heavy atom. The maximum absolute atomic E-state index is 6.57. The summed E-state index contributed by atoms with van der Waals surface area (Å²) in [5.41, 5.74) is 16.0. The molecule has 0 radical (unpaired) electrons. The van der Waals surface area contributed by atoms with Gasteiger partial charge in [0.05, 0.1) is 11.0 Å². The lowest BCUT2D eigenvalue weighted by molar-refractivity contribution is 0.670. The molecule has 0 fully saturated rings. The zero-order valence-electron chi connectivity index (χ0n) is 30.8. The van der Waals surface area contributed by atoms with Gasteiger partial charge in [0.15, 0.2) is 0 Å². The van der Waals surface area contributed by atoms with Crippen molar-refractivity contribution in [2.45, 2.75) is 0 Å². The number of para-hydroxylation sites is 6. The molecule has 9 aromatic carbocycles. The fourth-order valence-corrected chi connectivity index (χ4v) is 8.92. The number of hydrogen-bond acceptors (Lipinski definition) is 2. The summed E-state index contributed by atoms with van der Waals surface area (Å²) in [6, 6.07) is 71.5. The van der Waals surface area contributed by atoms with Crippen molar-refractivity contribution in [2.75, 3.05) is 0 Å². The summed E-state index contributed by atoms with van der Waals surface area (Å²) in [6.45, 7) is 0. The molecule has 57 heavy (non-hydrogen) atoms. The van der Waals surface area contributed by atoms with E-state index in [0.29, 0.717) is 0 Å². The van der Waals surface area contributed by atoms with Gasteiger partial charge >= 0.3 is 0 Å². The van der Waals surface area contributed by atoms with Crippen LogP contribution in [0.1, 0.15) is 0 Å². The topological polar surface area (TPSA) is 31.2 Å². The van der Waals surface area contributed by atoms with Gasteiger partial charge < -0.3 is 13.4 Å². The average molecular weight is 728 g/mol. The Kier molecular flexibility index (Phi) is 6.93. The highest BCUT2D eigenvalue weighted by atomic mass is 16.3. The molecule has 0 spiro atoms. The highest BCUT2D eigenvalue weighted by molar-refractivity contribution is 6.13. The molecule has 0 amide bonds. The second-order valence-electron chi connectivity index (χ2n) is 14.9. The third-order valence-electron chi connectivity index (χ3n) is 11.6. The molecule has 0 bridgehead atoms. The van der Waals surface area contributed by atoms with Crippen LogP contribution in [0.3, 0.4) is 0 Å². The van der Waals surface area contributed by atoms with Crippen molar-refractivity contribution in [1.29, 1.82) is 0 Å². The molecule has 0 aliphatic rings. The van der Waals surface area contributed by atoms with Crippen molar-refractivity contribution in [3.05, 3.63) is 200 Å². The van der Waals surface area contributed by atoms with Gasteiger partial charge in [0, 0.05) is 49.1 Å². The van der Waals surface area contributed by atoms with Crippen LogP contribution < -0.4 is 0 Å². The molecule has 12 aromatic rings. The summed E-state index contributed by atoms with van der Waals surface area (Å²) in [5, 5.41) is 6.96. The van der Waals surface area contributed by atoms with E-state index in [0.717, 1.165) is 82.9 Å². The molecule has 12 rings (SSSR count). The Hall–Kier alpha value is -7.62. The van der Waals surface area contributed by atoms with Gasteiger partial charge in [-0.15, -0.1) is 0 Å². The number of fused-ring (bicyclic) bond motifs is 9. The van der Waals surface area contributed by atoms with Crippen molar-refractivity contribution in [1.82, 2.24) is 4.57 Å². The summed E-state index contributed by atoms with van der Waals surface area (Å²) in [4.78, 5) is 0. The van der Waals surface area contributed by atoms with Crippen LogP contribution in [-0.2, 0) is 0 Å². The lowest BCUT2D eigenvalue weighted by atomic mass is 9.91. The third-order valence-corrected chi connectivity index (χ3v) is 11.6. The van der Waals surface area contributed by atoms with E-state index in [2.05, 4.69) is 180 Å². The lowest BCUT2D eigenvalue weighted by Crippen LogP contribution is -1.92. The normalized spacial score (nSPS) is 11.9. The first-order valence-electron chi connectivity index (χ1n) is 19.4. The lowest BCUT2D eigenvalue weighted by Gasteiger charge is -2.13. The van der Waals surface area contributed by atoms with E-state index in [1.165, 1.54) is 32.9 Å². The first kappa shape index (κ1) is 31.7. The number of benzene rings is 9. The van der Waals surface area contributed by atoms with Crippen LogP contribution in [-0.4, -0.2) is 4.57 Å². The molecule has 0 aliphatic carbocycles. The van der Waals surface area contributed by atoms with Crippen LogP contribution in [0.15, 0.2) is 209 Å². The summed E-state index contributed by atoms with van der Waals surface area (Å²) in [5.74, 6) is 0. The van der Waals surface area contributed by atoms with Crippen molar-refractivity contribution in [3.8, 4) is 50.2 Å². The van der Waals surface area contributed by atoms with Gasteiger partial charge in [0.1, 0.15) is 22.3 Å². The Labute approximate surface area is 328 Å². The van der Waals surface area contributed by atoms with E-state index in [1.807, 2.05) is 24.3 Å². The molecule has 3 heterocycles. The van der Waals surface area contributed by atoms with Crippen molar-refractivity contribution in [3.63, 3.8) is 0 Å². The molecule has 0 atom stereocenters. The first-order chi connectivity index (χ1) is 28.2. The molecule has 3 nitrogen and oxygen atoms in total. The van der Waals surface area contributed by atoms with E-state index < -0.39 is 0 Å². The van der Waals surface area contributed by atoms with E-state index in [4.69, 9.17) is 8.83 Å². The van der Waals surface area contributed by atoms with Crippen LogP contribution in [0.5, 0.6) is 0 Å². The Morgan fingerprint density at radius 3 is 1.39 bits per heavy atom. The largest absolute Gasteiger partial charge is 0.455 e. The third kappa shape index (κ3) is 4.99. The Bertz CT molecular complexity index is 3380. The van der Waals surface area contributed by atoms with Gasteiger partial charge in [-0.25, -0.2) is 0 Å². The van der Waals surface area contributed by atoms with E-state index >= 15 is 0 Å². The van der Waals surface area contributed by atoms with E-state index in [-0.39, 0.29) is 0 Å². The van der Waals surface area contributed by atoms with Gasteiger partial charge in [-0.2, -0.15) is 0 Å². The fraction of sp³-hybridized carbons (Fsp3) is 0. The van der Waals surface area contributed by atoms with E-state index in [1.54, 1.807) is 0 Å². The minimum Gasteiger partial charge on any atom is -0.455 e. The Balaban J connectivity index is 1.01. The van der Waals surface area contributed by atoms with Gasteiger partial charge in [-0.1, -0.05) is 140 Å². The number of aromatic nitrogens is 1. The first-order valence-corrected chi connectivity index (χ1v) is 19.4. The maximum Gasteiger partial charge on any atom is 0.143 e. The number of nitrogens with zero attached hydrogens (tertiary/aromatic N) is 1. The Morgan fingerprint density at radius 1 is 0.281 bits per heavy atom. The van der Waals surface area contributed by atoms with Crippen LogP contribution >= 0.6 is 0 Å². The number of hydrogen-bond donors (Lipinski definition) is 0. The minimum atomic E-state index is 0.891. The van der Waals surface area contributed by atoms with Crippen LogP contribution in [0.2, 0.25) is 0 Å². The molecule has 0 aliphatic heterocycles. The van der Waals surface area contributed by atoms with Gasteiger partial charge in [0.2, 0.25) is 0 Å². The monoisotopic (exact) mass is 727 g/mol. The zero-order chi connectivity index (χ0) is 37.5. The quantitative estimate of drug-likeness (QED) is 0.177. The summed E-state index contributed by atoms with van der Waals surface area (Å²) >= 11 is 0.